The van der Waals surface area contributed by atoms with Crippen molar-refractivity contribution in [3.05, 3.63) is 80.8 Å². The lowest BCUT2D eigenvalue weighted by Gasteiger charge is -2.37. The van der Waals surface area contributed by atoms with E-state index in [4.69, 9.17) is 48.3 Å². The number of fused-ring (bicyclic) bond motifs is 1. The van der Waals surface area contributed by atoms with Crippen LogP contribution in [0.5, 0.6) is 5.75 Å². The van der Waals surface area contributed by atoms with Crippen molar-refractivity contribution in [3.8, 4) is 17.6 Å². The number of para-hydroxylation sites is 1. The van der Waals surface area contributed by atoms with Gasteiger partial charge in [-0.2, -0.15) is 4.99 Å². The van der Waals surface area contributed by atoms with Gasteiger partial charge >= 0.3 is 12.1 Å². The van der Waals surface area contributed by atoms with Crippen LogP contribution >= 0.6 is 22.7 Å². The van der Waals surface area contributed by atoms with Gasteiger partial charge in [-0.3, -0.25) is 4.57 Å². The van der Waals surface area contributed by atoms with Crippen molar-refractivity contribution in [1.82, 2.24) is 24.6 Å². The van der Waals surface area contributed by atoms with Crippen LogP contribution in [0.25, 0.3) is 10.2 Å². The molecule has 1 amide bonds. The Balaban J connectivity index is 1.38. The summed E-state index contributed by atoms with van der Waals surface area (Å²) >= 11 is 2.93. The number of thiazole rings is 2. The van der Waals surface area contributed by atoms with Gasteiger partial charge in [0.05, 0.1) is 43.2 Å². The molecule has 15 nitrogen and oxygen atoms in total. The molecule has 398 valence electrons. The van der Waals surface area contributed by atoms with Gasteiger partial charge in [0.2, 0.25) is 0 Å². The largest absolute Gasteiger partial charge is 0.491 e. The van der Waals surface area contributed by atoms with E-state index in [1.165, 1.54) is 35.5 Å². The van der Waals surface area contributed by atoms with Gasteiger partial charge in [0, 0.05) is 45.8 Å². The fourth-order valence-electron chi connectivity index (χ4n) is 6.79. The summed E-state index contributed by atoms with van der Waals surface area (Å²) in [4.78, 5) is 40.3. The second-order valence-corrected chi connectivity index (χ2v) is 34.2. The molecule has 0 aliphatic carbocycles. The van der Waals surface area contributed by atoms with Crippen LogP contribution in [0.3, 0.4) is 0 Å². The number of aromatic nitrogens is 4. The molecule has 3 heterocycles. The molecule has 0 fully saturated rings. The molecule has 0 spiro atoms. The lowest BCUT2D eigenvalue weighted by atomic mass is 10.2. The Kier molecular flexibility index (Phi) is 20.9. The van der Waals surface area contributed by atoms with E-state index in [0.29, 0.717) is 79.4 Å². The number of nitrogens with zero attached hydrogens (tertiary/aromatic N) is 7. The average Bonchev–Trinajstić information content (AvgIpc) is 3.89. The number of hydrogen-bond acceptors (Lipinski definition) is 15. The average molecular weight is 1080 g/mol. The summed E-state index contributed by atoms with van der Waals surface area (Å²) in [5, 5.41) is 10.0. The summed E-state index contributed by atoms with van der Waals surface area (Å²) in [7, 11) is 1.34. The summed E-state index contributed by atoms with van der Waals surface area (Å²) < 4.78 is 53.5. The smallest absolute Gasteiger partial charge is 0.410 e. The minimum absolute atomic E-state index is 0.0596. The third kappa shape index (κ3) is 17.5. The molecular weight excluding hydrogens is 1000 g/mol. The molecule has 1 atom stereocenters. The molecule has 0 aliphatic heterocycles. The van der Waals surface area contributed by atoms with Crippen LogP contribution in [0, 0.1) is 24.6 Å². The second-order valence-electron chi connectivity index (χ2n) is 21.7. The monoisotopic (exact) mass is 1080 g/mol. The van der Waals surface area contributed by atoms with Crippen LogP contribution in [0.2, 0.25) is 43.8 Å². The minimum atomic E-state index is -2.01. The molecule has 0 bridgehead atoms. The molecule has 5 rings (SSSR count). The van der Waals surface area contributed by atoms with E-state index in [-0.39, 0.29) is 35.7 Å². The molecule has 20 heteroatoms. The van der Waals surface area contributed by atoms with E-state index in [0.717, 1.165) is 26.6 Å². The zero-order valence-electron chi connectivity index (χ0n) is 45.6. The van der Waals surface area contributed by atoms with Gasteiger partial charge in [0.25, 0.3) is 0 Å². The molecule has 0 radical (unpaired) electrons. The van der Waals surface area contributed by atoms with Crippen molar-refractivity contribution in [1.29, 1.82) is 0 Å². The van der Waals surface area contributed by atoms with Crippen molar-refractivity contribution in [2.24, 2.45) is 4.99 Å². The number of halogens is 1. The van der Waals surface area contributed by atoms with E-state index >= 15 is 4.39 Å². The second kappa shape index (κ2) is 26.0. The Morgan fingerprint density at radius 3 is 2.36 bits per heavy atom. The normalized spacial score (nSPS) is 12.9. The van der Waals surface area contributed by atoms with E-state index in [1.807, 2.05) is 30.0 Å². The highest BCUT2D eigenvalue weighted by molar-refractivity contribution is 7.16. The number of rotatable bonds is 23. The summed E-state index contributed by atoms with van der Waals surface area (Å²) in [6.45, 7) is 27.8. The number of methoxy groups -OCH3 is 2. The maximum atomic E-state index is 15.2. The minimum Gasteiger partial charge on any atom is -0.491 e. The highest BCUT2D eigenvalue weighted by Gasteiger charge is 2.37. The number of anilines is 2. The van der Waals surface area contributed by atoms with Crippen LogP contribution in [0.4, 0.5) is 26.0 Å². The van der Waals surface area contributed by atoms with E-state index in [9.17, 15) is 9.59 Å². The molecule has 73 heavy (non-hydrogen) atoms. The Bertz CT molecular complexity index is 2790. The highest BCUT2D eigenvalue weighted by Crippen LogP contribution is 2.37. The van der Waals surface area contributed by atoms with Crippen molar-refractivity contribution in [2.75, 3.05) is 59.1 Å². The van der Waals surface area contributed by atoms with E-state index < -0.39 is 39.9 Å². The molecular formula is C53H76FN7O8S2Si2. The van der Waals surface area contributed by atoms with E-state index in [2.05, 4.69) is 82.0 Å². The number of aryl methyl sites for hydroxylation is 2. The van der Waals surface area contributed by atoms with Crippen LogP contribution in [-0.4, -0.2) is 119 Å². The summed E-state index contributed by atoms with van der Waals surface area (Å²) in [5.74, 6) is 5.73. The predicted molar refractivity (Wildman–Crippen MR) is 296 cm³/mol. The van der Waals surface area contributed by atoms with Crippen molar-refractivity contribution in [2.45, 2.75) is 136 Å². The standard InChI is InChI=1S/C53H76FN7O8S2Si2/c1-37-33-45(57-58-47(37)56-50-61(36-66-31-32-72(11,12)13)41-23-16-17-24-43(41)70-50)60(29-19-22-39(64-9)35-68-73(14,15)53(5,6)7)49-55-46(48(62)65-10)44(71-49)25-20-30-67-42-27-26-38(34-40(42)54)21-18-28-59(8)51(63)69-52(2,3)4/h16-17,23-24,26-27,33-34,39H,19-20,22,25,28-32,35-36H2,1-15H3/b56-50-. The maximum absolute atomic E-state index is 15.2. The quantitative estimate of drug-likeness (QED) is 0.0265. The number of carbonyl (C=O) groups excluding carboxylic acids is 2. The maximum Gasteiger partial charge on any atom is 0.410 e. The Hall–Kier alpha value is -5.02. The lowest BCUT2D eigenvalue weighted by Crippen LogP contribution is -2.43. The van der Waals surface area contributed by atoms with Crippen LogP contribution in [0.1, 0.15) is 87.3 Å². The Labute approximate surface area is 441 Å². The van der Waals surface area contributed by atoms with Crippen molar-refractivity contribution >= 4 is 78.1 Å². The van der Waals surface area contributed by atoms with Gasteiger partial charge in [0.15, 0.2) is 47.1 Å². The number of esters is 1. The summed E-state index contributed by atoms with van der Waals surface area (Å²) in [6, 6.07) is 15.7. The molecule has 5 aromatic rings. The first-order chi connectivity index (χ1) is 34.3. The fraction of sp³-hybridized carbons (Fsp3) is 0.547. The third-order valence-electron chi connectivity index (χ3n) is 12.2. The predicted octanol–water partition coefficient (Wildman–Crippen LogP) is 11.9. The number of carbonyl (C=O) groups is 2. The summed E-state index contributed by atoms with van der Waals surface area (Å²) in [5.41, 5.74) is 1.84. The zero-order valence-corrected chi connectivity index (χ0v) is 49.2. The van der Waals surface area contributed by atoms with Gasteiger partial charge in [-0.1, -0.05) is 75.7 Å². The number of ether oxygens (including phenoxy) is 5. The topological polar surface area (TPSA) is 152 Å². The first-order valence-electron chi connectivity index (χ1n) is 24.7. The zero-order chi connectivity index (χ0) is 53.7. The lowest BCUT2D eigenvalue weighted by molar-refractivity contribution is 0.0320. The van der Waals surface area contributed by atoms with Crippen molar-refractivity contribution < 1.29 is 42.1 Å². The van der Waals surface area contributed by atoms with Gasteiger partial charge in [-0.15, -0.1) is 21.5 Å². The summed E-state index contributed by atoms with van der Waals surface area (Å²) in [6.07, 6.45) is 1.60. The SMILES string of the molecule is COC(=O)c1nc(N(CCCC(CO[Si](C)(C)C(C)(C)C)OC)c2cc(C)c(/N=c3\sc4ccccc4n3COCC[Si](C)(C)C)nn2)sc1CCCOc1ccc(C#CCN(C)C(=O)OC(C)(C)C)cc1F. The first-order valence-corrected chi connectivity index (χ1v) is 33.0. The molecule has 0 aliphatic rings. The number of benzene rings is 2. The number of hydrogen-bond donors (Lipinski definition) is 0. The van der Waals surface area contributed by atoms with Gasteiger partial charge in [-0.05, 0) is 120 Å². The first kappa shape index (κ1) is 58.9. The Morgan fingerprint density at radius 2 is 1.70 bits per heavy atom. The molecule has 0 saturated heterocycles. The van der Waals surface area contributed by atoms with Crippen LogP contribution in [-0.2, 0) is 36.5 Å². The molecule has 2 aromatic carbocycles. The third-order valence-corrected chi connectivity index (χ3v) is 20.6. The van der Waals surface area contributed by atoms with E-state index in [1.54, 1.807) is 52.3 Å². The molecule has 0 N–H and O–H groups in total. The van der Waals surface area contributed by atoms with Gasteiger partial charge in [0.1, 0.15) is 12.3 Å². The van der Waals surface area contributed by atoms with Crippen LogP contribution in [0.15, 0.2) is 53.5 Å². The Morgan fingerprint density at radius 1 is 0.959 bits per heavy atom. The highest BCUT2D eigenvalue weighted by atomic mass is 32.1. The number of amides is 1. The van der Waals surface area contributed by atoms with Gasteiger partial charge < -0.3 is 37.9 Å². The van der Waals surface area contributed by atoms with Gasteiger partial charge in [-0.25, -0.2) is 19.0 Å². The van der Waals surface area contributed by atoms with Crippen molar-refractivity contribution in [3.63, 3.8) is 0 Å². The van der Waals surface area contributed by atoms with Crippen LogP contribution < -0.4 is 14.4 Å². The molecule has 1 unspecified atom stereocenters. The fourth-order valence-corrected chi connectivity index (χ4v) is 10.7. The molecule has 0 saturated carbocycles. The molecule has 3 aromatic heterocycles.